The molecule has 9 heteroatoms. The molecule has 30 heavy (non-hydrogen) atoms. The summed E-state index contributed by atoms with van der Waals surface area (Å²) in [7, 11) is 6.09. The van der Waals surface area contributed by atoms with Crippen LogP contribution in [0.4, 0.5) is 5.69 Å². The van der Waals surface area contributed by atoms with Gasteiger partial charge in [-0.2, -0.15) is 5.10 Å². The molecule has 1 fully saturated rings. The molecule has 1 aromatic heterocycles. The number of aryl methyl sites for hydroxylation is 1. The molecule has 0 saturated carbocycles. The summed E-state index contributed by atoms with van der Waals surface area (Å²) in [6.45, 7) is 5.53. The van der Waals surface area contributed by atoms with E-state index in [1.54, 1.807) is 0 Å². The predicted molar refractivity (Wildman–Crippen MR) is 136 cm³/mol. The molecule has 1 aliphatic rings. The maximum absolute atomic E-state index is 6.15. The van der Waals surface area contributed by atoms with E-state index in [4.69, 9.17) is 16.6 Å². The number of anilines is 1. The smallest absolute Gasteiger partial charge is 0.191 e. The van der Waals surface area contributed by atoms with Gasteiger partial charge in [0.2, 0.25) is 0 Å². The zero-order valence-corrected chi connectivity index (χ0v) is 21.3. The van der Waals surface area contributed by atoms with Gasteiger partial charge in [-0.15, -0.1) is 24.0 Å². The van der Waals surface area contributed by atoms with E-state index in [1.165, 1.54) is 11.3 Å². The van der Waals surface area contributed by atoms with E-state index in [9.17, 15) is 0 Å². The Hall–Kier alpha value is -1.52. The van der Waals surface area contributed by atoms with Crippen molar-refractivity contribution >= 4 is 47.2 Å². The maximum atomic E-state index is 6.15. The number of halogens is 2. The first-order valence-electron chi connectivity index (χ1n) is 10.2. The summed E-state index contributed by atoms with van der Waals surface area (Å²) in [4.78, 5) is 9.42. The highest BCUT2D eigenvalue weighted by atomic mass is 127. The lowest BCUT2D eigenvalue weighted by Crippen LogP contribution is -2.45. The summed E-state index contributed by atoms with van der Waals surface area (Å²) >= 11 is 6.15. The molecule has 2 heterocycles. The van der Waals surface area contributed by atoms with Crippen LogP contribution in [-0.4, -0.2) is 67.0 Å². The SMILES string of the molecule is CCNC(=NCC(c1cnn(C)c1)N(C)C)NC1CCN(c2cccc(Cl)c2)C1.I. The molecule has 0 aliphatic carbocycles. The summed E-state index contributed by atoms with van der Waals surface area (Å²) in [5.41, 5.74) is 2.35. The summed E-state index contributed by atoms with van der Waals surface area (Å²) in [6, 6.07) is 8.59. The average molecular weight is 546 g/mol. The Labute approximate surface area is 201 Å². The summed E-state index contributed by atoms with van der Waals surface area (Å²) in [5.74, 6) is 0.862. The summed E-state index contributed by atoms with van der Waals surface area (Å²) in [6.07, 6.45) is 5.04. The molecule has 2 aromatic rings. The average Bonchev–Trinajstić information content (AvgIpc) is 3.31. The standard InChI is InChI=1S/C21H32ClN7.HI/c1-5-23-21(24-13-20(27(2)3)16-12-25-28(4)14-16)26-18-9-10-29(15-18)19-8-6-7-17(22)11-19;/h6-8,11-12,14,18,20H,5,9-10,13,15H2,1-4H3,(H2,23,24,26);1H. The molecule has 0 spiro atoms. The first-order chi connectivity index (χ1) is 14.0. The van der Waals surface area contributed by atoms with Crippen LogP contribution < -0.4 is 15.5 Å². The Kier molecular flexibility index (Phi) is 9.70. The summed E-state index contributed by atoms with van der Waals surface area (Å²) < 4.78 is 1.84. The number of nitrogens with zero attached hydrogens (tertiary/aromatic N) is 5. The topological polar surface area (TPSA) is 60.7 Å². The highest BCUT2D eigenvalue weighted by Gasteiger charge is 2.24. The molecule has 0 radical (unpaired) electrons. The third-order valence-corrected chi connectivity index (χ3v) is 5.44. The van der Waals surface area contributed by atoms with Crippen LogP contribution >= 0.6 is 35.6 Å². The van der Waals surface area contributed by atoms with Gasteiger partial charge in [0.05, 0.1) is 18.8 Å². The van der Waals surface area contributed by atoms with Gasteiger partial charge in [0.15, 0.2) is 5.96 Å². The molecule has 7 nitrogen and oxygen atoms in total. The molecule has 166 valence electrons. The van der Waals surface area contributed by atoms with Gasteiger partial charge in [0, 0.05) is 55.2 Å². The number of guanidine groups is 1. The predicted octanol–water partition coefficient (Wildman–Crippen LogP) is 3.13. The number of rotatable bonds is 7. The van der Waals surface area contributed by atoms with Crippen LogP contribution in [0.2, 0.25) is 5.02 Å². The number of hydrogen-bond acceptors (Lipinski definition) is 4. The van der Waals surface area contributed by atoms with Gasteiger partial charge in [-0.1, -0.05) is 17.7 Å². The van der Waals surface area contributed by atoms with Gasteiger partial charge < -0.3 is 20.4 Å². The Balaban J connectivity index is 0.00000320. The number of aromatic nitrogens is 2. The van der Waals surface area contributed by atoms with Crippen molar-refractivity contribution in [2.45, 2.75) is 25.4 Å². The summed E-state index contributed by atoms with van der Waals surface area (Å²) in [5, 5.41) is 12.1. The van der Waals surface area contributed by atoms with E-state index < -0.39 is 0 Å². The molecule has 1 aliphatic heterocycles. The number of benzene rings is 1. The van der Waals surface area contributed by atoms with Crippen LogP contribution in [0, 0.1) is 0 Å². The molecule has 2 N–H and O–H groups in total. The van der Waals surface area contributed by atoms with Gasteiger partial charge in [0.25, 0.3) is 0 Å². The number of hydrogen-bond donors (Lipinski definition) is 2. The molecule has 1 saturated heterocycles. The molecule has 2 atom stereocenters. The second-order valence-electron chi connectivity index (χ2n) is 7.70. The minimum Gasteiger partial charge on any atom is -0.369 e. The van der Waals surface area contributed by atoms with E-state index in [2.05, 4.69) is 58.8 Å². The van der Waals surface area contributed by atoms with E-state index in [1.807, 2.05) is 36.1 Å². The number of aliphatic imine (C=N–C) groups is 1. The third-order valence-electron chi connectivity index (χ3n) is 5.20. The van der Waals surface area contributed by atoms with Crippen molar-refractivity contribution in [1.29, 1.82) is 0 Å². The molecular formula is C21H33ClIN7. The van der Waals surface area contributed by atoms with Gasteiger partial charge in [-0.05, 0) is 45.6 Å². The molecule has 3 rings (SSSR count). The van der Waals surface area contributed by atoms with Gasteiger partial charge in [-0.25, -0.2) is 0 Å². The lowest BCUT2D eigenvalue weighted by Gasteiger charge is -2.23. The Morgan fingerprint density at radius 2 is 2.20 bits per heavy atom. The van der Waals surface area contributed by atoms with Crippen LogP contribution in [0.25, 0.3) is 0 Å². The lowest BCUT2D eigenvalue weighted by atomic mass is 10.1. The van der Waals surface area contributed by atoms with Crippen molar-refractivity contribution in [1.82, 2.24) is 25.3 Å². The van der Waals surface area contributed by atoms with Crippen molar-refractivity contribution in [2.24, 2.45) is 12.0 Å². The fraction of sp³-hybridized carbons (Fsp3) is 0.524. The first kappa shape index (κ1) is 24.7. The van der Waals surface area contributed by atoms with Crippen molar-refractivity contribution in [3.8, 4) is 0 Å². The monoisotopic (exact) mass is 545 g/mol. The van der Waals surface area contributed by atoms with Crippen LogP contribution in [0.5, 0.6) is 0 Å². The van der Waals surface area contributed by atoms with Gasteiger partial charge in [-0.3, -0.25) is 9.67 Å². The maximum Gasteiger partial charge on any atom is 0.191 e. The minimum atomic E-state index is 0. The van der Waals surface area contributed by atoms with Crippen LogP contribution in [0.1, 0.15) is 24.9 Å². The molecular weight excluding hydrogens is 513 g/mol. The van der Waals surface area contributed by atoms with Crippen molar-refractivity contribution in [3.05, 3.63) is 47.2 Å². The van der Waals surface area contributed by atoms with Crippen molar-refractivity contribution < 1.29 is 0 Å². The highest BCUT2D eigenvalue weighted by Crippen LogP contribution is 2.23. The Morgan fingerprint density at radius 1 is 1.40 bits per heavy atom. The largest absolute Gasteiger partial charge is 0.369 e. The Bertz CT molecular complexity index is 823. The van der Waals surface area contributed by atoms with Crippen LogP contribution in [0.15, 0.2) is 41.7 Å². The van der Waals surface area contributed by atoms with E-state index in [-0.39, 0.29) is 30.0 Å². The second kappa shape index (κ2) is 11.8. The third kappa shape index (κ3) is 6.75. The zero-order valence-electron chi connectivity index (χ0n) is 18.2. The number of nitrogens with one attached hydrogen (secondary N) is 2. The quantitative estimate of drug-likeness (QED) is 0.318. The van der Waals surface area contributed by atoms with Gasteiger partial charge in [0.1, 0.15) is 0 Å². The van der Waals surface area contributed by atoms with E-state index >= 15 is 0 Å². The molecule has 1 aromatic carbocycles. The zero-order chi connectivity index (χ0) is 20.8. The molecule has 2 unspecified atom stereocenters. The lowest BCUT2D eigenvalue weighted by molar-refractivity contribution is 0.306. The van der Waals surface area contributed by atoms with Gasteiger partial charge >= 0.3 is 0 Å². The fourth-order valence-corrected chi connectivity index (χ4v) is 3.84. The molecule has 0 amide bonds. The van der Waals surface area contributed by atoms with Crippen molar-refractivity contribution in [2.75, 3.05) is 45.2 Å². The highest BCUT2D eigenvalue weighted by molar-refractivity contribution is 14.0. The van der Waals surface area contributed by atoms with E-state index in [0.717, 1.165) is 37.0 Å². The normalized spacial score (nSPS) is 17.7. The number of likely N-dealkylation sites (N-methyl/N-ethyl adjacent to an activating group) is 1. The first-order valence-corrected chi connectivity index (χ1v) is 10.5. The van der Waals surface area contributed by atoms with E-state index in [0.29, 0.717) is 12.6 Å². The second-order valence-corrected chi connectivity index (χ2v) is 8.14. The molecule has 0 bridgehead atoms. The fourth-order valence-electron chi connectivity index (χ4n) is 3.66. The van der Waals surface area contributed by atoms with Crippen LogP contribution in [-0.2, 0) is 7.05 Å². The minimum absolute atomic E-state index is 0. The van der Waals surface area contributed by atoms with Crippen molar-refractivity contribution in [3.63, 3.8) is 0 Å². The van der Waals surface area contributed by atoms with Crippen LogP contribution in [0.3, 0.4) is 0 Å². The Morgan fingerprint density at radius 3 is 2.83 bits per heavy atom.